The molecule has 1 aromatic heterocycles. The highest BCUT2D eigenvalue weighted by Gasteiger charge is 2.25. The monoisotopic (exact) mass is 252 g/mol. The van der Waals surface area contributed by atoms with Gasteiger partial charge in [0.05, 0.1) is 7.11 Å². The molecule has 0 saturated heterocycles. The summed E-state index contributed by atoms with van der Waals surface area (Å²) < 4.78 is 5.24. The van der Waals surface area contributed by atoms with Gasteiger partial charge in [0.25, 0.3) is 0 Å². The van der Waals surface area contributed by atoms with E-state index in [1.54, 1.807) is 7.11 Å². The summed E-state index contributed by atoms with van der Waals surface area (Å²) in [5.41, 5.74) is 2.49. The van der Waals surface area contributed by atoms with Gasteiger partial charge in [-0.15, -0.1) is 0 Å². The predicted molar refractivity (Wildman–Crippen MR) is 70.5 cm³/mol. The van der Waals surface area contributed by atoms with Crippen LogP contribution in [0.15, 0.2) is 6.33 Å². The summed E-state index contributed by atoms with van der Waals surface area (Å²) >= 11 is 0. The van der Waals surface area contributed by atoms with Gasteiger partial charge in [-0.05, 0) is 19.9 Å². The number of nitrogens with zero attached hydrogens (tertiary/aromatic N) is 3. The second kappa shape index (κ2) is 5.83. The zero-order valence-corrected chi connectivity index (χ0v) is 10.8. The maximum Gasteiger partial charge on any atom is 0.205 e. The Labute approximate surface area is 107 Å². The van der Waals surface area contributed by atoms with Gasteiger partial charge in [-0.2, -0.15) is 0 Å². The van der Waals surface area contributed by atoms with Crippen LogP contribution in [-0.4, -0.2) is 48.2 Å². The van der Waals surface area contributed by atoms with Gasteiger partial charge in [0.15, 0.2) is 11.6 Å². The van der Waals surface area contributed by atoms with Crippen molar-refractivity contribution in [3.63, 3.8) is 0 Å². The molecule has 0 bridgehead atoms. The Morgan fingerprint density at radius 1 is 1.44 bits per heavy atom. The lowest BCUT2D eigenvalue weighted by Crippen LogP contribution is -2.27. The van der Waals surface area contributed by atoms with Gasteiger partial charge in [-0.25, -0.2) is 15.8 Å². The Hall–Kier alpha value is -1.60. The number of likely N-dealkylation sites (N-methyl/N-ethyl adjacent to an activating group) is 1. The van der Waals surface area contributed by atoms with Crippen LogP contribution < -0.4 is 21.3 Å². The first-order valence-corrected chi connectivity index (χ1v) is 6.06. The van der Waals surface area contributed by atoms with Crippen molar-refractivity contribution in [2.45, 2.75) is 18.9 Å². The molecule has 100 valence electrons. The van der Waals surface area contributed by atoms with Crippen LogP contribution in [0.1, 0.15) is 12.8 Å². The van der Waals surface area contributed by atoms with Crippen molar-refractivity contribution in [2.24, 2.45) is 5.84 Å². The molecular formula is C11H20N6O. The lowest BCUT2D eigenvalue weighted by Gasteiger charge is -2.17. The second-order valence-corrected chi connectivity index (χ2v) is 4.39. The van der Waals surface area contributed by atoms with E-state index in [-0.39, 0.29) is 0 Å². The molecule has 1 aromatic rings. The number of nitrogen functional groups attached to an aromatic ring is 1. The molecule has 0 spiro atoms. The first-order valence-electron chi connectivity index (χ1n) is 6.06. The number of nitrogens with one attached hydrogen (secondary N) is 2. The van der Waals surface area contributed by atoms with Gasteiger partial charge in [-0.1, -0.05) is 0 Å². The fourth-order valence-corrected chi connectivity index (χ4v) is 1.84. The zero-order valence-electron chi connectivity index (χ0n) is 10.8. The van der Waals surface area contributed by atoms with Gasteiger partial charge in [0, 0.05) is 19.1 Å². The standard InChI is InChI=1S/C11H20N6O/c1-17(8-3-4-8)6-5-13-10-9(18-2)11(16-12)15-7-14-10/h7-8H,3-6,12H2,1-2H3,(H2,13,14,15,16). The van der Waals surface area contributed by atoms with E-state index >= 15 is 0 Å². The third kappa shape index (κ3) is 2.99. The van der Waals surface area contributed by atoms with E-state index in [9.17, 15) is 0 Å². The number of hydrazine groups is 1. The van der Waals surface area contributed by atoms with Crippen LogP contribution >= 0.6 is 0 Å². The van der Waals surface area contributed by atoms with E-state index in [0.717, 1.165) is 19.1 Å². The minimum absolute atomic E-state index is 0.477. The third-order valence-electron chi connectivity index (χ3n) is 3.07. The highest BCUT2D eigenvalue weighted by molar-refractivity contribution is 5.62. The largest absolute Gasteiger partial charge is 0.490 e. The molecule has 1 heterocycles. The number of ether oxygens (including phenoxy) is 1. The molecule has 1 saturated carbocycles. The first kappa shape index (κ1) is 12.8. The van der Waals surface area contributed by atoms with E-state index in [2.05, 4.69) is 32.7 Å². The zero-order chi connectivity index (χ0) is 13.0. The molecule has 18 heavy (non-hydrogen) atoms. The summed E-state index contributed by atoms with van der Waals surface area (Å²) in [7, 11) is 3.71. The molecule has 2 rings (SSSR count). The lowest BCUT2D eigenvalue weighted by atomic mass is 10.4. The Bertz CT molecular complexity index is 395. The fourth-order valence-electron chi connectivity index (χ4n) is 1.84. The molecule has 4 N–H and O–H groups in total. The quantitative estimate of drug-likeness (QED) is 0.474. The van der Waals surface area contributed by atoms with Crippen molar-refractivity contribution in [3.8, 4) is 5.75 Å². The van der Waals surface area contributed by atoms with E-state index in [4.69, 9.17) is 10.6 Å². The van der Waals surface area contributed by atoms with Gasteiger partial charge in [-0.3, -0.25) is 0 Å². The van der Waals surface area contributed by atoms with E-state index in [1.807, 2.05) is 0 Å². The predicted octanol–water partition coefficient (Wildman–Crippen LogP) is 0.277. The first-order chi connectivity index (χ1) is 8.76. The molecule has 1 aliphatic rings. The summed E-state index contributed by atoms with van der Waals surface area (Å²) in [5, 5.41) is 3.24. The minimum atomic E-state index is 0.477. The number of hydrogen-bond acceptors (Lipinski definition) is 7. The smallest absolute Gasteiger partial charge is 0.205 e. The average Bonchev–Trinajstić information content (AvgIpc) is 3.22. The summed E-state index contributed by atoms with van der Waals surface area (Å²) in [5.74, 6) is 7.03. The van der Waals surface area contributed by atoms with Crippen LogP contribution in [0.25, 0.3) is 0 Å². The number of anilines is 2. The molecule has 0 amide bonds. The van der Waals surface area contributed by atoms with Gasteiger partial charge in [0.1, 0.15) is 6.33 Å². The minimum Gasteiger partial charge on any atom is -0.490 e. The van der Waals surface area contributed by atoms with E-state index in [0.29, 0.717) is 17.4 Å². The molecule has 1 fully saturated rings. The normalized spacial score (nSPS) is 14.7. The van der Waals surface area contributed by atoms with Crippen molar-refractivity contribution in [1.82, 2.24) is 14.9 Å². The highest BCUT2D eigenvalue weighted by Crippen LogP contribution is 2.28. The topological polar surface area (TPSA) is 88.3 Å². The van der Waals surface area contributed by atoms with Crippen LogP contribution in [0.2, 0.25) is 0 Å². The SMILES string of the molecule is COc1c(NN)ncnc1NCCN(C)C1CC1. The number of rotatable bonds is 7. The third-order valence-corrected chi connectivity index (χ3v) is 3.07. The van der Waals surface area contributed by atoms with Crippen LogP contribution in [0.5, 0.6) is 5.75 Å². The number of hydrogen-bond donors (Lipinski definition) is 3. The molecule has 0 aliphatic heterocycles. The second-order valence-electron chi connectivity index (χ2n) is 4.39. The lowest BCUT2D eigenvalue weighted by molar-refractivity contribution is 0.336. The summed E-state index contributed by atoms with van der Waals surface area (Å²) in [6.07, 6.45) is 4.08. The molecule has 1 aliphatic carbocycles. The van der Waals surface area contributed by atoms with Crippen molar-refractivity contribution in [1.29, 1.82) is 0 Å². The van der Waals surface area contributed by atoms with E-state index in [1.165, 1.54) is 19.2 Å². The molecular weight excluding hydrogens is 232 g/mol. The maximum atomic E-state index is 5.36. The Morgan fingerprint density at radius 3 is 2.78 bits per heavy atom. The van der Waals surface area contributed by atoms with Crippen molar-refractivity contribution in [3.05, 3.63) is 6.33 Å². The van der Waals surface area contributed by atoms with Crippen molar-refractivity contribution >= 4 is 11.6 Å². The maximum absolute atomic E-state index is 5.36. The van der Waals surface area contributed by atoms with Gasteiger partial charge < -0.3 is 20.4 Å². The van der Waals surface area contributed by atoms with Gasteiger partial charge >= 0.3 is 0 Å². The molecule has 0 unspecified atom stereocenters. The highest BCUT2D eigenvalue weighted by atomic mass is 16.5. The Balaban J connectivity index is 1.91. The van der Waals surface area contributed by atoms with Crippen LogP contribution in [-0.2, 0) is 0 Å². The average molecular weight is 252 g/mol. The molecule has 7 heteroatoms. The molecule has 0 radical (unpaired) electrons. The van der Waals surface area contributed by atoms with E-state index < -0.39 is 0 Å². The van der Waals surface area contributed by atoms with Crippen molar-refractivity contribution < 1.29 is 4.74 Å². The van der Waals surface area contributed by atoms with Crippen LogP contribution in [0.3, 0.4) is 0 Å². The van der Waals surface area contributed by atoms with Crippen LogP contribution in [0, 0.1) is 0 Å². The molecule has 0 atom stereocenters. The summed E-state index contributed by atoms with van der Waals surface area (Å²) in [6, 6.07) is 0.764. The Kier molecular flexibility index (Phi) is 4.16. The fraction of sp³-hybridized carbons (Fsp3) is 0.636. The number of methoxy groups -OCH3 is 1. The number of nitrogens with two attached hydrogens (primary N) is 1. The molecule has 0 aromatic carbocycles. The van der Waals surface area contributed by atoms with Crippen LogP contribution in [0.4, 0.5) is 11.6 Å². The van der Waals surface area contributed by atoms with Gasteiger partial charge in [0.2, 0.25) is 5.75 Å². The summed E-state index contributed by atoms with van der Waals surface area (Å²) in [6.45, 7) is 1.79. The summed E-state index contributed by atoms with van der Waals surface area (Å²) in [4.78, 5) is 10.5. The number of aromatic nitrogens is 2. The Morgan fingerprint density at radius 2 is 2.17 bits per heavy atom. The van der Waals surface area contributed by atoms with Crippen molar-refractivity contribution in [2.75, 3.05) is 38.0 Å². The molecule has 7 nitrogen and oxygen atoms in total.